The maximum atomic E-state index is 13.0. The van der Waals surface area contributed by atoms with E-state index in [9.17, 15) is 28.9 Å². The number of phosphoric acid groups is 1. The maximum Gasteiger partial charge on any atom is 0.472 e. The second-order valence-corrected chi connectivity index (χ2v) is 24.8. The van der Waals surface area contributed by atoms with E-state index in [1.54, 1.807) is 0 Å². The Morgan fingerprint density at radius 1 is 0.308 bits per heavy atom. The van der Waals surface area contributed by atoms with E-state index in [4.69, 9.17) is 23.3 Å². The molecule has 0 radical (unpaired) electrons. The molecule has 0 aromatic carbocycles. The number of phosphoric ester groups is 1. The van der Waals surface area contributed by atoms with Gasteiger partial charge in [-0.1, -0.05) is 329 Å². The molecule has 0 aliphatic heterocycles. The van der Waals surface area contributed by atoms with Crippen LogP contribution in [0.4, 0.5) is 0 Å². The molecular weight excluding hydrogens is 1000 g/mol. The van der Waals surface area contributed by atoms with E-state index in [0.717, 1.165) is 57.8 Å². The molecule has 12 heteroatoms. The van der Waals surface area contributed by atoms with Gasteiger partial charge < -0.3 is 24.2 Å². The van der Waals surface area contributed by atoms with Crippen molar-refractivity contribution in [1.29, 1.82) is 0 Å². The van der Waals surface area contributed by atoms with Gasteiger partial charge in [-0.05, 0) is 19.3 Å². The van der Waals surface area contributed by atoms with Gasteiger partial charge in [0.1, 0.15) is 12.7 Å². The van der Waals surface area contributed by atoms with E-state index in [-0.39, 0.29) is 25.9 Å². The van der Waals surface area contributed by atoms with Gasteiger partial charge in [0, 0.05) is 19.3 Å². The standard InChI is InChI=1S/C66H129O11P/c1-4-7-10-13-16-19-22-25-28-30-31-33-36-39-42-45-48-51-54-57-66(70)77-63(59-73-64(68)55-52-49-46-43-40-37-34-27-24-21-18-15-12-9-6-3)61-75-78(71,72)74-60-62(58-67)76-65(69)56-53-50-47-44-41-38-35-32-29-26-23-20-17-14-11-8-5-2/h62-63,67H,4-61H2,1-3H3,(H,71,72). The Hall–Kier alpha value is -1.52. The second kappa shape index (κ2) is 61.5. The summed E-state index contributed by atoms with van der Waals surface area (Å²) in [5, 5.41) is 9.86. The summed E-state index contributed by atoms with van der Waals surface area (Å²) in [7, 11) is -4.74. The number of ether oxygens (including phenoxy) is 3. The first-order chi connectivity index (χ1) is 38.2. The van der Waals surface area contributed by atoms with Crippen molar-refractivity contribution < 1.29 is 52.2 Å². The number of aliphatic hydroxyl groups excluding tert-OH is 1. The summed E-state index contributed by atoms with van der Waals surface area (Å²) in [5.41, 5.74) is 0. The Morgan fingerprint density at radius 3 is 0.756 bits per heavy atom. The molecule has 0 fully saturated rings. The molecule has 0 saturated heterocycles. The smallest absolute Gasteiger partial charge is 0.462 e. The van der Waals surface area contributed by atoms with E-state index in [2.05, 4.69) is 20.8 Å². The van der Waals surface area contributed by atoms with Crippen LogP contribution in [-0.2, 0) is 42.2 Å². The van der Waals surface area contributed by atoms with E-state index >= 15 is 0 Å². The van der Waals surface area contributed by atoms with Gasteiger partial charge in [-0.2, -0.15) is 0 Å². The molecule has 0 heterocycles. The number of hydrogen-bond acceptors (Lipinski definition) is 10. The molecule has 464 valence electrons. The molecule has 11 nitrogen and oxygen atoms in total. The molecule has 3 unspecified atom stereocenters. The molecule has 3 atom stereocenters. The van der Waals surface area contributed by atoms with Crippen LogP contribution in [0.2, 0.25) is 0 Å². The van der Waals surface area contributed by atoms with Crippen LogP contribution < -0.4 is 0 Å². The number of aliphatic hydroxyl groups is 1. The van der Waals surface area contributed by atoms with E-state index < -0.39 is 57.8 Å². The number of esters is 3. The highest BCUT2D eigenvalue weighted by atomic mass is 31.2. The lowest BCUT2D eigenvalue weighted by molar-refractivity contribution is -0.161. The fourth-order valence-electron chi connectivity index (χ4n) is 10.4. The van der Waals surface area contributed by atoms with Crippen molar-refractivity contribution >= 4 is 25.7 Å². The summed E-state index contributed by atoms with van der Waals surface area (Å²) in [5.74, 6) is -1.42. The summed E-state index contributed by atoms with van der Waals surface area (Å²) >= 11 is 0. The molecule has 0 rings (SSSR count). The van der Waals surface area contributed by atoms with Crippen molar-refractivity contribution in [3.63, 3.8) is 0 Å². The quantitative estimate of drug-likeness (QED) is 0.0259. The first-order valence-corrected chi connectivity index (χ1v) is 35.4. The SMILES string of the molecule is CCCCCCCCCCCCCCCCCCCCCC(=O)OC(COC(=O)CCCCCCCCCCCCCCCCC)COP(=O)(O)OCC(CO)OC(=O)CCCCCCCCCCCCCCCCCCC. The molecule has 0 aromatic heterocycles. The van der Waals surface area contributed by atoms with Crippen molar-refractivity contribution in [2.45, 2.75) is 380 Å². The van der Waals surface area contributed by atoms with Crippen molar-refractivity contribution in [3.8, 4) is 0 Å². The highest BCUT2D eigenvalue weighted by Crippen LogP contribution is 2.43. The van der Waals surface area contributed by atoms with Crippen LogP contribution in [0.5, 0.6) is 0 Å². The third kappa shape index (κ3) is 59.1. The average molecular weight is 1130 g/mol. The van der Waals surface area contributed by atoms with Gasteiger partial charge in [0.15, 0.2) is 6.10 Å². The molecule has 0 saturated carbocycles. The zero-order valence-corrected chi connectivity index (χ0v) is 52.6. The fourth-order valence-corrected chi connectivity index (χ4v) is 11.1. The Labute approximate surface area is 482 Å². The largest absolute Gasteiger partial charge is 0.472 e. The highest BCUT2D eigenvalue weighted by molar-refractivity contribution is 7.47. The van der Waals surface area contributed by atoms with E-state index in [1.807, 2.05) is 0 Å². The summed E-state index contributed by atoms with van der Waals surface area (Å²) in [6.45, 7) is 4.77. The number of hydrogen-bond donors (Lipinski definition) is 2. The molecule has 0 spiro atoms. The van der Waals surface area contributed by atoms with Gasteiger partial charge in [0.2, 0.25) is 0 Å². The molecule has 0 bridgehead atoms. The zero-order chi connectivity index (χ0) is 56.9. The Morgan fingerprint density at radius 2 is 0.513 bits per heavy atom. The molecule has 0 aromatic rings. The lowest BCUT2D eigenvalue weighted by Gasteiger charge is -2.21. The molecule has 78 heavy (non-hydrogen) atoms. The van der Waals surface area contributed by atoms with E-state index in [0.29, 0.717) is 19.3 Å². The highest BCUT2D eigenvalue weighted by Gasteiger charge is 2.28. The summed E-state index contributed by atoms with van der Waals surface area (Å²) in [6.07, 6.45) is 61.9. The van der Waals surface area contributed by atoms with Crippen molar-refractivity contribution in [2.75, 3.05) is 26.4 Å². The predicted molar refractivity (Wildman–Crippen MR) is 326 cm³/mol. The Bertz CT molecular complexity index is 1320. The van der Waals surface area contributed by atoms with E-state index in [1.165, 1.54) is 250 Å². The van der Waals surface area contributed by atoms with Gasteiger partial charge in [0.05, 0.1) is 19.8 Å². The molecule has 2 N–H and O–H groups in total. The molecule has 0 aliphatic carbocycles. The van der Waals surface area contributed by atoms with Gasteiger partial charge >= 0.3 is 25.7 Å². The van der Waals surface area contributed by atoms with Crippen LogP contribution in [0.1, 0.15) is 367 Å². The maximum absolute atomic E-state index is 13.0. The van der Waals surface area contributed by atoms with Gasteiger partial charge in [-0.15, -0.1) is 0 Å². The first-order valence-electron chi connectivity index (χ1n) is 33.9. The Balaban J connectivity index is 4.59. The zero-order valence-electron chi connectivity index (χ0n) is 51.7. The van der Waals surface area contributed by atoms with Crippen LogP contribution in [0.3, 0.4) is 0 Å². The topological polar surface area (TPSA) is 155 Å². The van der Waals surface area contributed by atoms with Gasteiger partial charge in [-0.25, -0.2) is 4.57 Å². The van der Waals surface area contributed by atoms with Crippen LogP contribution >= 0.6 is 7.82 Å². The fraction of sp³-hybridized carbons (Fsp3) is 0.955. The minimum Gasteiger partial charge on any atom is -0.462 e. The summed E-state index contributed by atoms with van der Waals surface area (Å²) < 4.78 is 39.8. The first kappa shape index (κ1) is 76.5. The molecular formula is C66H129O11P. The molecule has 0 amide bonds. The predicted octanol–water partition coefficient (Wildman–Crippen LogP) is 20.6. The third-order valence-electron chi connectivity index (χ3n) is 15.5. The normalized spacial score (nSPS) is 13.1. The monoisotopic (exact) mass is 1130 g/mol. The number of carbonyl (C=O) groups excluding carboxylic acids is 3. The van der Waals surface area contributed by atoms with Crippen molar-refractivity contribution in [2.24, 2.45) is 0 Å². The van der Waals surface area contributed by atoms with Crippen LogP contribution in [0.15, 0.2) is 0 Å². The molecule has 0 aliphatic rings. The number of rotatable bonds is 65. The van der Waals surface area contributed by atoms with Crippen molar-refractivity contribution in [1.82, 2.24) is 0 Å². The average Bonchev–Trinajstić information content (AvgIpc) is 3.43. The van der Waals surface area contributed by atoms with Gasteiger partial charge in [0.25, 0.3) is 0 Å². The lowest BCUT2D eigenvalue weighted by Crippen LogP contribution is -2.30. The third-order valence-corrected chi connectivity index (χ3v) is 16.5. The second-order valence-electron chi connectivity index (χ2n) is 23.4. The van der Waals surface area contributed by atoms with Gasteiger partial charge in [-0.3, -0.25) is 23.4 Å². The van der Waals surface area contributed by atoms with Crippen LogP contribution in [0, 0.1) is 0 Å². The summed E-state index contributed by atoms with van der Waals surface area (Å²) in [4.78, 5) is 48.8. The van der Waals surface area contributed by atoms with Crippen molar-refractivity contribution in [3.05, 3.63) is 0 Å². The lowest BCUT2D eigenvalue weighted by atomic mass is 10.0. The number of unbranched alkanes of at least 4 members (excludes halogenated alkanes) is 48. The minimum atomic E-state index is -4.74. The minimum absolute atomic E-state index is 0.179. The summed E-state index contributed by atoms with van der Waals surface area (Å²) in [6, 6.07) is 0. The Kier molecular flexibility index (Phi) is 60.3. The van der Waals surface area contributed by atoms with Crippen LogP contribution in [-0.4, -0.2) is 66.5 Å². The number of carbonyl (C=O) groups is 3. The van der Waals surface area contributed by atoms with Crippen LogP contribution in [0.25, 0.3) is 0 Å².